The summed E-state index contributed by atoms with van der Waals surface area (Å²) >= 11 is 6.14. The number of hydrogen-bond donors (Lipinski definition) is 2. The van der Waals surface area contributed by atoms with Crippen molar-refractivity contribution in [3.8, 4) is 11.4 Å². The van der Waals surface area contributed by atoms with Crippen LogP contribution in [0.4, 0.5) is 11.5 Å². The van der Waals surface area contributed by atoms with Crippen molar-refractivity contribution >= 4 is 29.0 Å². The maximum absolute atomic E-state index is 12.4. The summed E-state index contributed by atoms with van der Waals surface area (Å²) in [6, 6.07) is 24.6. The van der Waals surface area contributed by atoms with Gasteiger partial charge in [-0.3, -0.25) is 4.79 Å². The number of anilines is 2. The molecule has 0 atom stereocenters. The van der Waals surface area contributed by atoms with E-state index in [1.165, 1.54) is 5.56 Å². The smallest absolute Gasteiger partial charge is 0.251 e. The molecule has 6 heteroatoms. The number of benzene rings is 3. The van der Waals surface area contributed by atoms with Crippen molar-refractivity contribution in [2.75, 3.05) is 5.32 Å². The molecule has 5 nitrogen and oxygen atoms in total. The first-order valence-electron chi connectivity index (χ1n) is 9.87. The van der Waals surface area contributed by atoms with Gasteiger partial charge in [0.1, 0.15) is 5.82 Å². The molecule has 0 saturated heterocycles. The average Bonchev–Trinajstić information content (AvgIpc) is 2.79. The molecule has 0 bridgehead atoms. The quantitative estimate of drug-likeness (QED) is 0.408. The van der Waals surface area contributed by atoms with Crippen LogP contribution < -0.4 is 10.6 Å². The highest BCUT2D eigenvalue weighted by molar-refractivity contribution is 6.31. The predicted octanol–water partition coefficient (Wildman–Crippen LogP) is 5.78. The highest BCUT2D eigenvalue weighted by atomic mass is 35.5. The van der Waals surface area contributed by atoms with Gasteiger partial charge in [0.15, 0.2) is 5.82 Å². The van der Waals surface area contributed by atoms with Crippen LogP contribution in [0.2, 0.25) is 5.02 Å². The maximum atomic E-state index is 12.4. The Labute approximate surface area is 186 Å². The minimum Gasteiger partial charge on any atom is -0.348 e. The minimum atomic E-state index is -0.157. The Bertz CT molecular complexity index is 1190. The van der Waals surface area contributed by atoms with Gasteiger partial charge in [0, 0.05) is 34.6 Å². The third-order valence-corrected chi connectivity index (χ3v) is 5.15. The van der Waals surface area contributed by atoms with Gasteiger partial charge in [0.25, 0.3) is 5.91 Å². The molecule has 1 heterocycles. The van der Waals surface area contributed by atoms with Crippen molar-refractivity contribution < 1.29 is 4.79 Å². The van der Waals surface area contributed by atoms with Gasteiger partial charge in [0.2, 0.25) is 0 Å². The van der Waals surface area contributed by atoms with E-state index in [1.807, 2.05) is 67.6 Å². The Hall–Kier alpha value is -3.70. The molecule has 0 spiro atoms. The molecule has 0 fully saturated rings. The molecule has 4 aromatic rings. The second kappa shape index (κ2) is 9.41. The van der Waals surface area contributed by atoms with E-state index in [-0.39, 0.29) is 5.91 Å². The monoisotopic (exact) mass is 428 g/mol. The summed E-state index contributed by atoms with van der Waals surface area (Å²) in [4.78, 5) is 21.4. The van der Waals surface area contributed by atoms with Crippen LogP contribution in [0.25, 0.3) is 11.4 Å². The van der Waals surface area contributed by atoms with Gasteiger partial charge in [-0.15, -0.1) is 0 Å². The van der Waals surface area contributed by atoms with Crippen LogP contribution in [0.5, 0.6) is 0 Å². The number of halogens is 1. The van der Waals surface area contributed by atoms with E-state index in [0.717, 1.165) is 16.8 Å². The number of hydrogen-bond acceptors (Lipinski definition) is 4. The summed E-state index contributed by atoms with van der Waals surface area (Å²) in [5, 5.41) is 6.78. The number of amides is 1. The first kappa shape index (κ1) is 20.6. The summed E-state index contributed by atoms with van der Waals surface area (Å²) in [6.45, 7) is 2.42. The van der Waals surface area contributed by atoms with Gasteiger partial charge < -0.3 is 10.6 Å². The number of rotatable bonds is 6. The molecule has 0 saturated carbocycles. The summed E-state index contributed by atoms with van der Waals surface area (Å²) < 4.78 is 0. The summed E-state index contributed by atoms with van der Waals surface area (Å²) in [5.74, 6) is 1.18. The third kappa shape index (κ3) is 5.27. The van der Waals surface area contributed by atoms with Gasteiger partial charge in [0.05, 0.1) is 0 Å². The molecule has 0 aliphatic carbocycles. The largest absolute Gasteiger partial charge is 0.348 e. The summed E-state index contributed by atoms with van der Waals surface area (Å²) in [6.07, 6.45) is 1.72. The molecule has 1 aromatic heterocycles. The molecular weight excluding hydrogens is 408 g/mol. The van der Waals surface area contributed by atoms with Crippen LogP contribution in [0, 0.1) is 6.92 Å². The van der Waals surface area contributed by atoms with E-state index in [4.69, 9.17) is 11.6 Å². The van der Waals surface area contributed by atoms with E-state index in [2.05, 4.69) is 20.6 Å². The van der Waals surface area contributed by atoms with Gasteiger partial charge in [-0.1, -0.05) is 59.6 Å². The fraction of sp³-hybridized carbons (Fsp3) is 0.0800. The van der Waals surface area contributed by atoms with Crippen molar-refractivity contribution in [2.24, 2.45) is 0 Å². The number of carbonyl (C=O) groups is 1. The van der Waals surface area contributed by atoms with Gasteiger partial charge in [-0.25, -0.2) is 9.97 Å². The van der Waals surface area contributed by atoms with Crippen molar-refractivity contribution in [1.82, 2.24) is 15.3 Å². The zero-order chi connectivity index (χ0) is 21.6. The number of aromatic nitrogens is 2. The van der Waals surface area contributed by atoms with Crippen LogP contribution in [0.1, 0.15) is 21.5 Å². The topological polar surface area (TPSA) is 66.9 Å². The standard InChI is InChI=1S/C25H21ClN4O/c1-17-6-8-18(9-7-17)24-27-15-14-23(30-24)29-21-12-10-19(11-13-21)25(31)28-16-20-4-2-3-5-22(20)26/h2-15H,16H2,1H3,(H,28,31)(H,27,29,30). The number of nitrogens with zero attached hydrogens (tertiary/aromatic N) is 2. The number of aryl methyl sites for hydroxylation is 1. The van der Waals surface area contributed by atoms with Gasteiger partial charge >= 0.3 is 0 Å². The third-order valence-electron chi connectivity index (χ3n) is 4.78. The molecule has 0 aliphatic rings. The second-order valence-electron chi connectivity index (χ2n) is 7.11. The van der Waals surface area contributed by atoms with Crippen LogP contribution in [-0.4, -0.2) is 15.9 Å². The molecule has 1 amide bonds. The first-order chi connectivity index (χ1) is 15.1. The Balaban J connectivity index is 1.40. The lowest BCUT2D eigenvalue weighted by Gasteiger charge is -2.09. The van der Waals surface area contributed by atoms with Gasteiger partial charge in [-0.2, -0.15) is 0 Å². The van der Waals surface area contributed by atoms with E-state index in [0.29, 0.717) is 28.8 Å². The lowest BCUT2D eigenvalue weighted by molar-refractivity contribution is 0.0951. The van der Waals surface area contributed by atoms with Crippen LogP contribution in [0.3, 0.4) is 0 Å². The molecule has 31 heavy (non-hydrogen) atoms. The zero-order valence-corrected chi connectivity index (χ0v) is 17.7. The second-order valence-corrected chi connectivity index (χ2v) is 7.52. The van der Waals surface area contributed by atoms with Gasteiger partial charge in [-0.05, 0) is 48.9 Å². The number of nitrogens with one attached hydrogen (secondary N) is 2. The van der Waals surface area contributed by atoms with E-state index in [9.17, 15) is 4.79 Å². The van der Waals surface area contributed by atoms with E-state index >= 15 is 0 Å². The SMILES string of the molecule is Cc1ccc(-c2nccc(Nc3ccc(C(=O)NCc4ccccc4Cl)cc3)n2)cc1. The van der Waals surface area contributed by atoms with Crippen molar-refractivity contribution in [1.29, 1.82) is 0 Å². The fourth-order valence-corrected chi connectivity index (χ4v) is 3.24. The molecule has 3 aromatic carbocycles. The Morgan fingerprint density at radius 1 is 0.935 bits per heavy atom. The normalized spacial score (nSPS) is 10.5. The highest BCUT2D eigenvalue weighted by Gasteiger charge is 2.08. The molecular formula is C25H21ClN4O. The summed E-state index contributed by atoms with van der Waals surface area (Å²) in [7, 11) is 0. The summed E-state index contributed by atoms with van der Waals surface area (Å²) in [5.41, 5.74) is 4.43. The van der Waals surface area contributed by atoms with Crippen LogP contribution in [0.15, 0.2) is 85.1 Å². The lowest BCUT2D eigenvalue weighted by Crippen LogP contribution is -2.22. The molecule has 0 aliphatic heterocycles. The predicted molar refractivity (Wildman–Crippen MR) is 125 cm³/mol. The Morgan fingerprint density at radius 2 is 1.68 bits per heavy atom. The Kier molecular flexibility index (Phi) is 6.24. The maximum Gasteiger partial charge on any atom is 0.251 e. The molecule has 154 valence electrons. The molecule has 4 rings (SSSR count). The zero-order valence-electron chi connectivity index (χ0n) is 17.0. The highest BCUT2D eigenvalue weighted by Crippen LogP contribution is 2.20. The fourth-order valence-electron chi connectivity index (χ4n) is 3.04. The average molecular weight is 429 g/mol. The molecule has 2 N–H and O–H groups in total. The number of carbonyl (C=O) groups excluding carboxylic acids is 1. The van der Waals surface area contributed by atoms with Crippen molar-refractivity contribution in [3.63, 3.8) is 0 Å². The molecule has 0 unspecified atom stereocenters. The van der Waals surface area contributed by atoms with Crippen LogP contribution in [-0.2, 0) is 6.54 Å². The lowest BCUT2D eigenvalue weighted by atomic mass is 10.1. The first-order valence-corrected chi connectivity index (χ1v) is 10.2. The molecule has 0 radical (unpaired) electrons. The minimum absolute atomic E-state index is 0.157. The van der Waals surface area contributed by atoms with E-state index < -0.39 is 0 Å². The van der Waals surface area contributed by atoms with Crippen molar-refractivity contribution in [3.05, 3.63) is 107 Å². The van der Waals surface area contributed by atoms with Crippen molar-refractivity contribution in [2.45, 2.75) is 13.5 Å². The Morgan fingerprint density at radius 3 is 2.42 bits per heavy atom. The van der Waals surface area contributed by atoms with E-state index in [1.54, 1.807) is 24.4 Å². The van der Waals surface area contributed by atoms with Crippen LogP contribution >= 0.6 is 11.6 Å².